The Labute approximate surface area is 298 Å². The van der Waals surface area contributed by atoms with Gasteiger partial charge in [-0.1, -0.05) is 93.0 Å². The van der Waals surface area contributed by atoms with Crippen LogP contribution in [0, 0.1) is 11.3 Å². The molecule has 1 aliphatic heterocycles. The molecule has 1 rings (SSSR count). The van der Waals surface area contributed by atoms with Gasteiger partial charge in [0.05, 0.1) is 5.75 Å². The van der Waals surface area contributed by atoms with Gasteiger partial charge >= 0.3 is 11.9 Å². The summed E-state index contributed by atoms with van der Waals surface area (Å²) in [6.07, 6.45) is 22.7. The average Bonchev–Trinajstić information content (AvgIpc) is 3.38. The molecule has 0 saturated heterocycles. The molecule has 0 aromatic carbocycles. The third-order valence-corrected chi connectivity index (χ3v) is 8.78. The lowest BCUT2D eigenvalue weighted by Crippen LogP contribution is -2.30. The summed E-state index contributed by atoms with van der Waals surface area (Å²) in [5, 5.41) is 17.5. The molecule has 0 radical (unpaired) electrons. The lowest BCUT2D eigenvalue weighted by Gasteiger charge is -2.29. The summed E-state index contributed by atoms with van der Waals surface area (Å²) in [4.78, 5) is 48.3. The van der Waals surface area contributed by atoms with Crippen molar-refractivity contribution < 1.29 is 24.1 Å². The van der Waals surface area contributed by atoms with E-state index in [-0.39, 0.29) is 17.7 Å². The van der Waals surface area contributed by atoms with Crippen LogP contribution in [0.3, 0.4) is 0 Å². The van der Waals surface area contributed by atoms with Gasteiger partial charge in [0, 0.05) is 50.7 Å². The standard InChI is InChI=1S/C39H56N4O5S/c1-9-14-19-36(20-16-18-35(26-40)41-47-30(7)44)43-27-34(37(29(43)6)25-32(13-5)39(46)28-49-24-12-4)23-22-33(17-11-3)38(21-15-10-2)42-48-31(8)45/h10,12,15-17,20-21,23-24,26,32,36,40H,2,9,11,13-14,18-19,22,25,27-28H2,1,3-8H3/b20-16-,21-15-,24-12-,33-17+,34-23-,40-26?,41-35-,42-38+/t32?,36-/m0/s1. The monoisotopic (exact) mass is 692 g/mol. The molecule has 0 spiro atoms. The Morgan fingerprint density at radius 2 is 1.82 bits per heavy atom. The maximum Gasteiger partial charge on any atom is 0.332 e. The second-order valence-electron chi connectivity index (χ2n) is 11.6. The Balaban J connectivity index is 3.65. The molecule has 0 aromatic rings. The van der Waals surface area contributed by atoms with Crippen LogP contribution in [0.25, 0.3) is 0 Å². The van der Waals surface area contributed by atoms with Crippen LogP contribution in [0.4, 0.5) is 0 Å². The minimum absolute atomic E-state index is 0.0739. The van der Waals surface area contributed by atoms with Gasteiger partial charge in [0.2, 0.25) is 0 Å². The zero-order chi connectivity index (χ0) is 36.6. The number of rotatable bonds is 23. The summed E-state index contributed by atoms with van der Waals surface area (Å²) in [5.41, 5.74) is 5.31. The van der Waals surface area contributed by atoms with Crippen LogP contribution in [0.1, 0.15) is 99.8 Å². The SMILES string of the molecule is C=C\C=C/C(=N\OC(C)=O)C(=C/CC)/C/C=C1/CN([C@H](/C=C\C/C(C=N)=N/OC(C)=O)CCCC)C(C)=C1CC(CC)C(=O)CS/C=C\C. The van der Waals surface area contributed by atoms with Crippen molar-refractivity contribution in [3.63, 3.8) is 0 Å². The molecule has 49 heavy (non-hydrogen) atoms. The number of Topliss-reactive ketones (excluding diaryl/α,β-unsaturated/α-hetero) is 1. The van der Waals surface area contributed by atoms with Gasteiger partial charge in [0.15, 0.2) is 0 Å². The van der Waals surface area contributed by atoms with Gasteiger partial charge in [-0.05, 0) is 74.2 Å². The Morgan fingerprint density at radius 3 is 2.41 bits per heavy atom. The summed E-state index contributed by atoms with van der Waals surface area (Å²) < 4.78 is 0. The van der Waals surface area contributed by atoms with Crippen molar-refractivity contribution in [1.82, 2.24) is 4.90 Å². The summed E-state index contributed by atoms with van der Waals surface area (Å²) in [7, 11) is 0. The van der Waals surface area contributed by atoms with Crippen LogP contribution < -0.4 is 0 Å². The molecule has 0 amide bonds. The molecule has 0 aromatic heterocycles. The van der Waals surface area contributed by atoms with E-state index in [1.807, 2.05) is 24.5 Å². The fraction of sp³-hybridized carbons (Fsp3) is 0.487. The van der Waals surface area contributed by atoms with E-state index in [2.05, 4.69) is 67.7 Å². The molecule has 1 N–H and O–H groups in total. The number of oxime groups is 2. The van der Waals surface area contributed by atoms with Crippen LogP contribution in [-0.2, 0) is 24.1 Å². The minimum Gasteiger partial charge on any atom is -0.364 e. The predicted octanol–water partition coefficient (Wildman–Crippen LogP) is 9.22. The van der Waals surface area contributed by atoms with Crippen molar-refractivity contribution in [3.8, 4) is 0 Å². The smallest absolute Gasteiger partial charge is 0.332 e. The molecule has 1 unspecified atom stereocenters. The van der Waals surface area contributed by atoms with Crippen LogP contribution in [0.5, 0.6) is 0 Å². The number of nitrogens with zero attached hydrogens (tertiary/aromatic N) is 3. The van der Waals surface area contributed by atoms with Gasteiger partial charge in [0.1, 0.15) is 17.2 Å². The van der Waals surface area contributed by atoms with E-state index in [4.69, 9.17) is 15.1 Å². The number of unbranched alkanes of at least 4 members (excludes halogenated alkanes) is 1. The summed E-state index contributed by atoms with van der Waals surface area (Å²) in [6, 6.07) is 0.0739. The maximum absolute atomic E-state index is 13.3. The number of carbonyl (C=O) groups excluding carboxylic acids is 3. The first-order valence-corrected chi connectivity index (χ1v) is 18.2. The van der Waals surface area contributed by atoms with E-state index in [1.165, 1.54) is 31.2 Å². The second kappa shape index (κ2) is 25.0. The average molecular weight is 693 g/mol. The highest BCUT2D eigenvalue weighted by atomic mass is 32.2. The highest BCUT2D eigenvalue weighted by Gasteiger charge is 2.30. The molecule has 9 nitrogen and oxygen atoms in total. The molecule has 0 saturated carbocycles. The third kappa shape index (κ3) is 16.3. The first kappa shape index (κ1) is 43.0. The fourth-order valence-electron chi connectivity index (χ4n) is 5.31. The Hall–Kier alpha value is -4.05. The number of ketones is 1. The van der Waals surface area contributed by atoms with Crippen molar-refractivity contribution >= 4 is 47.1 Å². The zero-order valence-corrected chi connectivity index (χ0v) is 31.3. The number of carbonyl (C=O) groups is 3. The van der Waals surface area contributed by atoms with E-state index >= 15 is 0 Å². The predicted molar refractivity (Wildman–Crippen MR) is 205 cm³/mol. The zero-order valence-electron chi connectivity index (χ0n) is 30.5. The van der Waals surface area contributed by atoms with E-state index in [0.717, 1.165) is 55.2 Å². The highest BCUT2D eigenvalue weighted by molar-refractivity contribution is 8.02. The second-order valence-corrected chi connectivity index (χ2v) is 12.5. The molecule has 0 aliphatic carbocycles. The number of thioether (sulfide) groups is 1. The van der Waals surface area contributed by atoms with Crippen molar-refractivity contribution in [2.24, 2.45) is 16.2 Å². The molecule has 10 heteroatoms. The van der Waals surface area contributed by atoms with Gasteiger partial charge < -0.3 is 20.0 Å². The summed E-state index contributed by atoms with van der Waals surface area (Å²) in [5.74, 6) is -0.444. The molecule has 0 bridgehead atoms. The summed E-state index contributed by atoms with van der Waals surface area (Å²) in [6.45, 7) is 17.4. The van der Waals surface area contributed by atoms with Gasteiger partial charge in [-0.3, -0.25) is 4.79 Å². The first-order chi connectivity index (χ1) is 23.6. The van der Waals surface area contributed by atoms with Crippen molar-refractivity contribution in [2.75, 3.05) is 12.3 Å². The molecule has 1 aliphatic rings. The van der Waals surface area contributed by atoms with Gasteiger partial charge in [-0.25, -0.2) is 9.59 Å². The third-order valence-electron chi connectivity index (χ3n) is 7.86. The van der Waals surface area contributed by atoms with E-state index in [1.54, 1.807) is 18.2 Å². The molecular weight excluding hydrogens is 637 g/mol. The van der Waals surface area contributed by atoms with Crippen molar-refractivity contribution in [2.45, 2.75) is 106 Å². The largest absolute Gasteiger partial charge is 0.364 e. The molecule has 0 fully saturated rings. The fourth-order valence-corrected chi connectivity index (χ4v) is 6.00. The lowest BCUT2D eigenvalue weighted by atomic mass is 9.89. The van der Waals surface area contributed by atoms with E-state index < -0.39 is 11.9 Å². The van der Waals surface area contributed by atoms with Crippen molar-refractivity contribution in [3.05, 3.63) is 83.0 Å². The van der Waals surface area contributed by atoms with Crippen molar-refractivity contribution in [1.29, 1.82) is 5.41 Å². The van der Waals surface area contributed by atoms with Crippen LogP contribution in [0.15, 0.2) is 93.3 Å². The number of allylic oxidation sites excluding steroid dienone is 9. The Kier molecular flexibility index (Phi) is 21.9. The van der Waals surface area contributed by atoms with E-state index in [9.17, 15) is 14.4 Å². The number of hydrogen-bond donors (Lipinski definition) is 1. The van der Waals surface area contributed by atoms with Crippen LogP contribution in [-0.4, -0.2) is 58.6 Å². The molecule has 1 heterocycles. The highest BCUT2D eigenvalue weighted by Crippen LogP contribution is 2.37. The van der Waals surface area contributed by atoms with Gasteiger partial charge in [0.25, 0.3) is 0 Å². The maximum atomic E-state index is 13.3. The quantitative estimate of drug-likeness (QED) is 0.0373. The van der Waals surface area contributed by atoms with Gasteiger partial charge in [-0.2, -0.15) is 0 Å². The van der Waals surface area contributed by atoms with Gasteiger partial charge in [-0.15, -0.1) is 11.8 Å². The first-order valence-electron chi connectivity index (χ1n) is 17.1. The summed E-state index contributed by atoms with van der Waals surface area (Å²) >= 11 is 1.53. The minimum atomic E-state index is -0.531. The van der Waals surface area contributed by atoms with E-state index in [0.29, 0.717) is 43.0 Å². The number of hydrogen-bond acceptors (Lipinski definition) is 10. The van der Waals surface area contributed by atoms with Crippen LogP contribution in [0.2, 0.25) is 0 Å². The number of nitrogens with one attached hydrogen (secondary N) is 1. The van der Waals surface area contributed by atoms with Crippen LogP contribution >= 0.6 is 11.8 Å². The molecular formula is C39H56N4O5S. The normalized spacial score (nSPS) is 16.7. The lowest BCUT2D eigenvalue weighted by molar-refractivity contribution is -0.141. The Morgan fingerprint density at radius 1 is 1.10 bits per heavy atom. The Bertz CT molecular complexity index is 1380. The molecule has 2 atom stereocenters. The molecule has 268 valence electrons. The topological polar surface area (TPSA) is 121 Å².